The SMILES string of the molecule is CNC1CCc2cc(Br)oc21. The predicted molar refractivity (Wildman–Crippen MR) is 46.5 cm³/mol. The van der Waals surface area contributed by atoms with Gasteiger partial charge in [-0.15, -0.1) is 0 Å². The van der Waals surface area contributed by atoms with E-state index >= 15 is 0 Å². The third kappa shape index (κ3) is 1.12. The van der Waals surface area contributed by atoms with Gasteiger partial charge in [0.05, 0.1) is 6.04 Å². The predicted octanol–water partition coefficient (Wildman–Crippen LogP) is 2.25. The summed E-state index contributed by atoms with van der Waals surface area (Å²) in [6.45, 7) is 0. The van der Waals surface area contributed by atoms with Gasteiger partial charge in [0.15, 0.2) is 4.67 Å². The zero-order chi connectivity index (χ0) is 7.84. The molecule has 0 bridgehead atoms. The summed E-state index contributed by atoms with van der Waals surface area (Å²) in [6.07, 6.45) is 2.30. The second-order valence-corrected chi connectivity index (χ2v) is 3.60. The zero-order valence-electron chi connectivity index (χ0n) is 6.36. The van der Waals surface area contributed by atoms with Gasteiger partial charge in [-0.1, -0.05) is 0 Å². The van der Waals surface area contributed by atoms with E-state index in [0.29, 0.717) is 6.04 Å². The number of furan rings is 1. The third-order valence-electron chi connectivity index (χ3n) is 2.18. The van der Waals surface area contributed by atoms with Crippen molar-refractivity contribution in [3.63, 3.8) is 0 Å². The average Bonchev–Trinajstić information content (AvgIpc) is 2.45. The summed E-state index contributed by atoms with van der Waals surface area (Å²) >= 11 is 3.32. The molecule has 2 rings (SSSR count). The minimum absolute atomic E-state index is 0.427. The molecule has 1 aliphatic carbocycles. The highest BCUT2D eigenvalue weighted by molar-refractivity contribution is 9.10. The molecular weight excluding hydrogens is 206 g/mol. The van der Waals surface area contributed by atoms with Crippen molar-refractivity contribution in [2.45, 2.75) is 18.9 Å². The summed E-state index contributed by atoms with van der Waals surface area (Å²) in [6, 6.07) is 2.49. The molecule has 1 heterocycles. The quantitative estimate of drug-likeness (QED) is 0.778. The average molecular weight is 216 g/mol. The van der Waals surface area contributed by atoms with Crippen molar-refractivity contribution >= 4 is 15.9 Å². The molecule has 1 aliphatic rings. The molecule has 3 heteroatoms. The lowest BCUT2D eigenvalue weighted by molar-refractivity contribution is 0.425. The fraction of sp³-hybridized carbons (Fsp3) is 0.500. The van der Waals surface area contributed by atoms with E-state index in [1.165, 1.54) is 5.56 Å². The normalized spacial score (nSPS) is 22.2. The Hall–Kier alpha value is -0.280. The highest BCUT2D eigenvalue weighted by Gasteiger charge is 2.25. The molecule has 60 valence electrons. The number of aryl methyl sites for hydroxylation is 1. The minimum atomic E-state index is 0.427. The van der Waals surface area contributed by atoms with Crippen molar-refractivity contribution in [2.24, 2.45) is 0 Å². The standard InChI is InChI=1S/C8H10BrNO/c1-10-6-3-2-5-4-7(9)11-8(5)6/h4,6,10H,2-3H2,1H3. The van der Waals surface area contributed by atoms with Crippen LogP contribution >= 0.6 is 15.9 Å². The van der Waals surface area contributed by atoms with Crippen molar-refractivity contribution < 1.29 is 4.42 Å². The lowest BCUT2D eigenvalue weighted by atomic mass is 10.2. The maximum absolute atomic E-state index is 5.48. The van der Waals surface area contributed by atoms with Crippen molar-refractivity contribution in [2.75, 3.05) is 7.05 Å². The molecule has 1 aromatic heterocycles. The first-order chi connectivity index (χ1) is 5.31. The molecule has 0 amide bonds. The summed E-state index contributed by atoms with van der Waals surface area (Å²) in [5.74, 6) is 1.11. The van der Waals surface area contributed by atoms with Gasteiger partial charge in [-0.3, -0.25) is 0 Å². The van der Waals surface area contributed by atoms with Crippen LogP contribution in [-0.4, -0.2) is 7.05 Å². The molecule has 2 nitrogen and oxygen atoms in total. The summed E-state index contributed by atoms with van der Waals surface area (Å²) < 4.78 is 6.33. The van der Waals surface area contributed by atoms with Crippen LogP contribution in [-0.2, 0) is 6.42 Å². The molecule has 1 aromatic rings. The minimum Gasteiger partial charge on any atom is -0.452 e. The van der Waals surface area contributed by atoms with E-state index in [-0.39, 0.29) is 0 Å². The number of rotatable bonds is 1. The summed E-state index contributed by atoms with van der Waals surface area (Å²) in [4.78, 5) is 0. The van der Waals surface area contributed by atoms with Gasteiger partial charge in [0, 0.05) is 0 Å². The molecule has 1 unspecified atom stereocenters. The van der Waals surface area contributed by atoms with Crippen LogP contribution in [0.4, 0.5) is 0 Å². The smallest absolute Gasteiger partial charge is 0.169 e. The van der Waals surface area contributed by atoms with Gasteiger partial charge < -0.3 is 9.73 Å². The second kappa shape index (κ2) is 2.64. The number of fused-ring (bicyclic) bond motifs is 1. The second-order valence-electron chi connectivity index (χ2n) is 2.82. The highest BCUT2D eigenvalue weighted by atomic mass is 79.9. The van der Waals surface area contributed by atoms with Crippen LogP contribution in [0.25, 0.3) is 0 Å². The van der Waals surface area contributed by atoms with Gasteiger partial charge in [-0.2, -0.15) is 0 Å². The molecule has 0 saturated carbocycles. The van der Waals surface area contributed by atoms with E-state index in [1.54, 1.807) is 0 Å². The van der Waals surface area contributed by atoms with Crippen molar-refractivity contribution in [3.05, 3.63) is 22.1 Å². The van der Waals surface area contributed by atoms with E-state index in [9.17, 15) is 0 Å². The van der Waals surface area contributed by atoms with E-state index in [4.69, 9.17) is 4.42 Å². The van der Waals surface area contributed by atoms with E-state index in [2.05, 4.69) is 27.3 Å². The Bertz CT molecular complexity index is 269. The maximum Gasteiger partial charge on any atom is 0.169 e. The first-order valence-corrected chi connectivity index (χ1v) is 4.56. The van der Waals surface area contributed by atoms with Gasteiger partial charge in [0.2, 0.25) is 0 Å². The first kappa shape index (κ1) is 7.37. The van der Waals surface area contributed by atoms with E-state index in [0.717, 1.165) is 23.3 Å². The molecule has 0 saturated heterocycles. The van der Waals surface area contributed by atoms with Crippen LogP contribution in [0.15, 0.2) is 15.2 Å². The van der Waals surface area contributed by atoms with Crippen LogP contribution in [0.1, 0.15) is 23.8 Å². The van der Waals surface area contributed by atoms with Crippen LogP contribution in [0, 0.1) is 0 Å². The molecule has 0 aromatic carbocycles. The molecule has 1 atom stereocenters. The Morgan fingerprint density at radius 2 is 2.55 bits per heavy atom. The van der Waals surface area contributed by atoms with Crippen LogP contribution in [0.5, 0.6) is 0 Å². The van der Waals surface area contributed by atoms with Gasteiger partial charge in [-0.05, 0) is 47.4 Å². The fourth-order valence-corrected chi connectivity index (χ4v) is 2.06. The largest absolute Gasteiger partial charge is 0.452 e. The lowest BCUT2D eigenvalue weighted by Crippen LogP contribution is -2.12. The topological polar surface area (TPSA) is 25.2 Å². The van der Waals surface area contributed by atoms with Crippen molar-refractivity contribution in [1.29, 1.82) is 0 Å². The summed E-state index contributed by atoms with van der Waals surface area (Å²) in [5, 5.41) is 3.22. The van der Waals surface area contributed by atoms with E-state index in [1.807, 2.05) is 7.05 Å². The molecule has 0 spiro atoms. The Balaban J connectivity index is 2.37. The van der Waals surface area contributed by atoms with E-state index < -0.39 is 0 Å². The Morgan fingerprint density at radius 1 is 1.73 bits per heavy atom. The maximum atomic E-state index is 5.48. The Labute approximate surface area is 74.1 Å². The third-order valence-corrected chi connectivity index (χ3v) is 2.57. The highest BCUT2D eigenvalue weighted by Crippen LogP contribution is 2.34. The number of hydrogen-bond acceptors (Lipinski definition) is 2. The zero-order valence-corrected chi connectivity index (χ0v) is 7.94. The molecule has 0 radical (unpaired) electrons. The molecule has 1 N–H and O–H groups in total. The van der Waals surface area contributed by atoms with Gasteiger partial charge >= 0.3 is 0 Å². The Morgan fingerprint density at radius 3 is 3.27 bits per heavy atom. The number of hydrogen-bond donors (Lipinski definition) is 1. The fourth-order valence-electron chi connectivity index (χ4n) is 1.60. The summed E-state index contributed by atoms with van der Waals surface area (Å²) in [7, 11) is 1.97. The van der Waals surface area contributed by atoms with Crippen molar-refractivity contribution in [1.82, 2.24) is 5.32 Å². The number of halogens is 1. The monoisotopic (exact) mass is 215 g/mol. The Kier molecular flexibility index (Phi) is 1.77. The van der Waals surface area contributed by atoms with Gasteiger partial charge in [0.1, 0.15) is 5.76 Å². The molecular formula is C8H10BrNO. The molecule has 0 fully saturated rings. The van der Waals surface area contributed by atoms with Gasteiger partial charge in [-0.25, -0.2) is 0 Å². The lowest BCUT2D eigenvalue weighted by Gasteiger charge is -2.05. The van der Waals surface area contributed by atoms with Crippen LogP contribution in [0.3, 0.4) is 0 Å². The van der Waals surface area contributed by atoms with Crippen LogP contribution < -0.4 is 5.32 Å². The number of nitrogens with one attached hydrogen (secondary N) is 1. The molecule has 0 aliphatic heterocycles. The van der Waals surface area contributed by atoms with Crippen LogP contribution in [0.2, 0.25) is 0 Å². The first-order valence-electron chi connectivity index (χ1n) is 3.76. The summed E-state index contributed by atoms with van der Waals surface area (Å²) in [5.41, 5.74) is 1.34. The van der Waals surface area contributed by atoms with Gasteiger partial charge in [0.25, 0.3) is 0 Å². The molecule has 11 heavy (non-hydrogen) atoms. The van der Waals surface area contributed by atoms with Crippen molar-refractivity contribution in [3.8, 4) is 0 Å².